The molecule has 0 aromatic heterocycles. The predicted molar refractivity (Wildman–Crippen MR) is 94.6 cm³/mol. The summed E-state index contributed by atoms with van der Waals surface area (Å²) in [5.74, 6) is 0. The van der Waals surface area contributed by atoms with Crippen molar-refractivity contribution in [2.45, 2.75) is 103 Å². The van der Waals surface area contributed by atoms with E-state index in [1.165, 1.54) is 64.2 Å². The predicted octanol–water partition coefficient (Wildman–Crippen LogP) is 4.31. The first-order valence-corrected chi connectivity index (χ1v) is 9.45. The lowest BCUT2D eigenvalue weighted by Gasteiger charge is -2.11. The van der Waals surface area contributed by atoms with Crippen molar-refractivity contribution in [1.29, 1.82) is 0 Å². The topological polar surface area (TPSA) is 70.5 Å². The highest BCUT2D eigenvalue weighted by atomic mass is 16.5. The first-order valence-electron chi connectivity index (χ1n) is 9.45. The molecule has 2 atom stereocenters. The van der Waals surface area contributed by atoms with Gasteiger partial charge in [0.25, 0.3) is 0 Å². The standard InChI is InChI=1S/C18H40N2O2/c1-3-21-17(19)15-13-11-9-7-5-6-8-10-12-14-16-18(20)22-4-2/h17-18H,3-16,19-20H2,1-2H3. The molecule has 4 N–H and O–H groups in total. The van der Waals surface area contributed by atoms with Crippen LogP contribution < -0.4 is 11.5 Å². The number of rotatable bonds is 17. The zero-order valence-electron chi connectivity index (χ0n) is 15.0. The normalized spacial score (nSPS) is 14.2. The second-order valence-electron chi connectivity index (χ2n) is 6.10. The summed E-state index contributed by atoms with van der Waals surface area (Å²) in [6, 6.07) is 0. The Hall–Kier alpha value is -0.160. The van der Waals surface area contributed by atoms with E-state index < -0.39 is 0 Å². The van der Waals surface area contributed by atoms with Crippen LogP contribution in [-0.2, 0) is 9.47 Å². The molecule has 0 saturated heterocycles. The average molecular weight is 317 g/mol. The van der Waals surface area contributed by atoms with Crippen LogP contribution in [0, 0.1) is 0 Å². The van der Waals surface area contributed by atoms with Crippen LogP contribution in [0.5, 0.6) is 0 Å². The molecule has 0 aromatic rings. The molecule has 22 heavy (non-hydrogen) atoms. The molecular weight excluding hydrogens is 276 g/mol. The van der Waals surface area contributed by atoms with Crippen molar-refractivity contribution in [1.82, 2.24) is 0 Å². The van der Waals surface area contributed by atoms with Gasteiger partial charge in [0, 0.05) is 13.2 Å². The molecule has 0 fully saturated rings. The lowest BCUT2D eigenvalue weighted by atomic mass is 10.0. The van der Waals surface area contributed by atoms with Crippen LogP contribution >= 0.6 is 0 Å². The molecule has 134 valence electrons. The van der Waals surface area contributed by atoms with Crippen molar-refractivity contribution >= 4 is 0 Å². The monoisotopic (exact) mass is 316 g/mol. The SMILES string of the molecule is CCOC(N)CCCCCCCCCCCCC(N)OCC. The van der Waals surface area contributed by atoms with Gasteiger partial charge in [-0.2, -0.15) is 0 Å². The third kappa shape index (κ3) is 16.2. The molecule has 0 aliphatic heterocycles. The van der Waals surface area contributed by atoms with Crippen LogP contribution in [0.3, 0.4) is 0 Å². The fourth-order valence-electron chi connectivity index (χ4n) is 2.70. The molecule has 0 saturated carbocycles. The van der Waals surface area contributed by atoms with Crippen LogP contribution in [0.25, 0.3) is 0 Å². The highest BCUT2D eigenvalue weighted by Crippen LogP contribution is 2.13. The molecule has 0 aliphatic rings. The van der Waals surface area contributed by atoms with Gasteiger partial charge in [0.1, 0.15) is 12.5 Å². The molecule has 0 rings (SSSR count). The molecule has 0 aromatic carbocycles. The van der Waals surface area contributed by atoms with Crippen molar-refractivity contribution in [2.24, 2.45) is 11.5 Å². The quantitative estimate of drug-likeness (QED) is 0.310. The van der Waals surface area contributed by atoms with Crippen molar-refractivity contribution < 1.29 is 9.47 Å². The molecule has 0 spiro atoms. The summed E-state index contributed by atoms with van der Waals surface area (Å²) in [6.07, 6.45) is 15.0. The Labute approximate surface area is 138 Å². The van der Waals surface area contributed by atoms with E-state index in [0.29, 0.717) is 0 Å². The summed E-state index contributed by atoms with van der Waals surface area (Å²) in [5, 5.41) is 0. The minimum atomic E-state index is -0.0548. The van der Waals surface area contributed by atoms with Gasteiger partial charge in [0.15, 0.2) is 0 Å². The van der Waals surface area contributed by atoms with E-state index in [4.69, 9.17) is 20.9 Å². The Morgan fingerprint density at radius 2 is 0.818 bits per heavy atom. The summed E-state index contributed by atoms with van der Waals surface area (Å²) < 4.78 is 10.6. The van der Waals surface area contributed by atoms with Gasteiger partial charge in [-0.1, -0.05) is 51.4 Å². The Bertz CT molecular complexity index is 193. The van der Waals surface area contributed by atoms with E-state index in [-0.39, 0.29) is 12.5 Å². The summed E-state index contributed by atoms with van der Waals surface area (Å²) in [4.78, 5) is 0. The van der Waals surface area contributed by atoms with E-state index in [9.17, 15) is 0 Å². The lowest BCUT2D eigenvalue weighted by molar-refractivity contribution is 0.0594. The second-order valence-corrected chi connectivity index (χ2v) is 6.10. The third-order valence-electron chi connectivity index (χ3n) is 3.99. The van der Waals surface area contributed by atoms with E-state index >= 15 is 0 Å². The van der Waals surface area contributed by atoms with Crippen molar-refractivity contribution in [3.8, 4) is 0 Å². The fourth-order valence-corrected chi connectivity index (χ4v) is 2.70. The van der Waals surface area contributed by atoms with E-state index in [2.05, 4.69) is 0 Å². The minimum absolute atomic E-state index is 0.0548. The average Bonchev–Trinajstić information content (AvgIpc) is 2.49. The first kappa shape index (κ1) is 21.8. The van der Waals surface area contributed by atoms with Crippen LogP contribution in [0.15, 0.2) is 0 Å². The minimum Gasteiger partial charge on any atom is -0.364 e. The second kappa shape index (κ2) is 17.2. The molecule has 4 heteroatoms. The summed E-state index contributed by atoms with van der Waals surface area (Å²) in [6.45, 7) is 5.43. The van der Waals surface area contributed by atoms with E-state index in [1.54, 1.807) is 0 Å². The molecule has 0 heterocycles. The van der Waals surface area contributed by atoms with Gasteiger partial charge in [-0.25, -0.2) is 0 Å². The van der Waals surface area contributed by atoms with Gasteiger partial charge in [-0.05, 0) is 39.5 Å². The Morgan fingerprint density at radius 3 is 1.09 bits per heavy atom. The maximum atomic E-state index is 5.80. The molecule has 0 amide bonds. The smallest absolute Gasteiger partial charge is 0.105 e. The number of ether oxygens (including phenoxy) is 2. The highest BCUT2D eigenvalue weighted by molar-refractivity contribution is 4.53. The van der Waals surface area contributed by atoms with E-state index in [1.807, 2.05) is 13.8 Å². The largest absolute Gasteiger partial charge is 0.364 e. The number of hydrogen-bond acceptors (Lipinski definition) is 4. The Balaban J connectivity index is 3.08. The Morgan fingerprint density at radius 1 is 0.545 bits per heavy atom. The van der Waals surface area contributed by atoms with Crippen molar-refractivity contribution in [3.05, 3.63) is 0 Å². The molecular formula is C18H40N2O2. The number of nitrogens with two attached hydrogens (primary N) is 2. The van der Waals surface area contributed by atoms with Gasteiger partial charge in [0.2, 0.25) is 0 Å². The molecule has 0 radical (unpaired) electrons. The molecule has 0 bridgehead atoms. The zero-order valence-corrected chi connectivity index (χ0v) is 15.0. The van der Waals surface area contributed by atoms with Crippen molar-refractivity contribution in [2.75, 3.05) is 13.2 Å². The van der Waals surface area contributed by atoms with Crippen molar-refractivity contribution in [3.63, 3.8) is 0 Å². The highest BCUT2D eigenvalue weighted by Gasteiger charge is 2.01. The fraction of sp³-hybridized carbons (Fsp3) is 1.00. The van der Waals surface area contributed by atoms with Crippen LogP contribution in [0.4, 0.5) is 0 Å². The summed E-state index contributed by atoms with van der Waals surface area (Å²) >= 11 is 0. The number of unbranched alkanes of at least 4 members (excludes halogenated alkanes) is 9. The summed E-state index contributed by atoms with van der Waals surface area (Å²) in [7, 11) is 0. The lowest BCUT2D eigenvalue weighted by Crippen LogP contribution is -2.23. The number of hydrogen-bond donors (Lipinski definition) is 2. The zero-order chi connectivity index (χ0) is 16.5. The van der Waals surface area contributed by atoms with Crippen LogP contribution in [-0.4, -0.2) is 25.7 Å². The van der Waals surface area contributed by atoms with Gasteiger partial charge in [-0.15, -0.1) is 0 Å². The van der Waals surface area contributed by atoms with Gasteiger partial charge in [-0.3, -0.25) is 0 Å². The van der Waals surface area contributed by atoms with Gasteiger partial charge in [0.05, 0.1) is 0 Å². The third-order valence-corrected chi connectivity index (χ3v) is 3.99. The molecule has 2 unspecified atom stereocenters. The van der Waals surface area contributed by atoms with E-state index in [0.717, 1.165) is 26.1 Å². The Kier molecular flexibility index (Phi) is 17.1. The molecule has 0 aliphatic carbocycles. The van der Waals surface area contributed by atoms with Crippen LogP contribution in [0.1, 0.15) is 90.9 Å². The van der Waals surface area contributed by atoms with Gasteiger partial charge < -0.3 is 20.9 Å². The maximum absolute atomic E-state index is 5.80. The van der Waals surface area contributed by atoms with Gasteiger partial charge >= 0.3 is 0 Å². The first-order chi connectivity index (χ1) is 10.7. The summed E-state index contributed by atoms with van der Waals surface area (Å²) in [5.41, 5.74) is 11.6. The molecule has 4 nitrogen and oxygen atoms in total. The maximum Gasteiger partial charge on any atom is 0.105 e. The van der Waals surface area contributed by atoms with Crippen LogP contribution in [0.2, 0.25) is 0 Å².